The SMILES string of the molecule is CN1CCN(C(=O)c2ccc(NC3CCCCC3)c(NC3CCCC3)c2)CC1. The molecule has 1 heterocycles. The van der Waals surface area contributed by atoms with E-state index in [-0.39, 0.29) is 5.91 Å². The van der Waals surface area contributed by atoms with E-state index < -0.39 is 0 Å². The summed E-state index contributed by atoms with van der Waals surface area (Å²) in [5.74, 6) is 0.173. The molecule has 0 radical (unpaired) electrons. The van der Waals surface area contributed by atoms with E-state index in [4.69, 9.17) is 0 Å². The maximum absolute atomic E-state index is 13.1. The van der Waals surface area contributed by atoms with E-state index in [0.717, 1.165) is 37.4 Å². The Kier molecular flexibility index (Phi) is 6.40. The van der Waals surface area contributed by atoms with Crippen LogP contribution >= 0.6 is 0 Å². The van der Waals surface area contributed by atoms with Gasteiger partial charge < -0.3 is 20.4 Å². The van der Waals surface area contributed by atoms with Crippen molar-refractivity contribution in [3.8, 4) is 0 Å². The second kappa shape index (κ2) is 9.17. The van der Waals surface area contributed by atoms with Crippen LogP contribution in [0.1, 0.15) is 68.1 Å². The van der Waals surface area contributed by atoms with Gasteiger partial charge in [0.2, 0.25) is 0 Å². The quantitative estimate of drug-likeness (QED) is 0.800. The standard InChI is InChI=1S/C23H36N4O/c1-26-13-15-27(16-14-26)23(28)18-11-12-21(24-19-7-3-2-4-8-19)22(17-18)25-20-9-5-6-10-20/h11-12,17,19-20,24-25H,2-10,13-16H2,1H3. The van der Waals surface area contributed by atoms with Crippen LogP contribution in [0.3, 0.4) is 0 Å². The molecule has 5 heteroatoms. The van der Waals surface area contributed by atoms with Crippen molar-refractivity contribution in [2.75, 3.05) is 43.9 Å². The van der Waals surface area contributed by atoms with Gasteiger partial charge in [-0.15, -0.1) is 0 Å². The van der Waals surface area contributed by atoms with Gasteiger partial charge >= 0.3 is 0 Å². The maximum atomic E-state index is 13.1. The fourth-order valence-electron chi connectivity index (χ4n) is 4.87. The number of nitrogens with one attached hydrogen (secondary N) is 2. The van der Waals surface area contributed by atoms with Gasteiger partial charge in [-0.3, -0.25) is 4.79 Å². The molecule has 5 nitrogen and oxygen atoms in total. The first-order chi connectivity index (χ1) is 13.7. The molecular formula is C23H36N4O. The summed E-state index contributed by atoms with van der Waals surface area (Å²) in [5.41, 5.74) is 3.12. The van der Waals surface area contributed by atoms with Crippen LogP contribution in [0.4, 0.5) is 11.4 Å². The number of nitrogens with zero attached hydrogens (tertiary/aromatic N) is 2. The molecule has 1 aromatic carbocycles. The average molecular weight is 385 g/mol. The van der Waals surface area contributed by atoms with E-state index in [0.29, 0.717) is 12.1 Å². The molecule has 28 heavy (non-hydrogen) atoms. The van der Waals surface area contributed by atoms with E-state index in [1.54, 1.807) is 0 Å². The number of rotatable bonds is 5. The zero-order valence-corrected chi connectivity index (χ0v) is 17.4. The Balaban J connectivity index is 1.51. The predicted molar refractivity (Wildman–Crippen MR) is 116 cm³/mol. The molecule has 0 unspecified atom stereocenters. The van der Waals surface area contributed by atoms with Crippen molar-refractivity contribution >= 4 is 17.3 Å². The Morgan fingerprint density at radius 2 is 1.39 bits per heavy atom. The average Bonchev–Trinajstić information content (AvgIpc) is 3.23. The second-order valence-corrected chi connectivity index (χ2v) is 8.96. The molecular weight excluding hydrogens is 348 g/mol. The van der Waals surface area contributed by atoms with Gasteiger partial charge in [-0.25, -0.2) is 0 Å². The van der Waals surface area contributed by atoms with Gasteiger partial charge in [0, 0.05) is 43.8 Å². The van der Waals surface area contributed by atoms with Crippen LogP contribution < -0.4 is 10.6 Å². The van der Waals surface area contributed by atoms with Crippen molar-refractivity contribution in [2.24, 2.45) is 0 Å². The number of carbonyl (C=O) groups excluding carboxylic acids is 1. The predicted octanol–water partition coefficient (Wildman–Crippen LogP) is 4.17. The van der Waals surface area contributed by atoms with E-state index in [1.165, 1.54) is 63.5 Å². The molecule has 4 rings (SSSR count). The fraction of sp³-hybridized carbons (Fsp3) is 0.696. The number of piperazine rings is 1. The topological polar surface area (TPSA) is 47.6 Å². The first-order valence-electron chi connectivity index (χ1n) is 11.3. The number of amides is 1. The zero-order valence-electron chi connectivity index (χ0n) is 17.4. The Hall–Kier alpha value is -1.75. The molecule has 1 aliphatic heterocycles. The third-order valence-electron chi connectivity index (χ3n) is 6.74. The Morgan fingerprint density at radius 3 is 2.04 bits per heavy atom. The number of carbonyl (C=O) groups is 1. The van der Waals surface area contributed by atoms with Gasteiger partial charge in [-0.2, -0.15) is 0 Å². The molecule has 0 aromatic heterocycles. The monoisotopic (exact) mass is 384 g/mol. The molecule has 0 bridgehead atoms. The van der Waals surface area contributed by atoms with Crippen LogP contribution in [0.25, 0.3) is 0 Å². The van der Waals surface area contributed by atoms with E-state index in [2.05, 4.69) is 34.7 Å². The minimum atomic E-state index is 0.173. The lowest BCUT2D eigenvalue weighted by Crippen LogP contribution is -2.47. The lowest BCUT2D eigenvalue weighted by atomic mass is 9.95. The largest absolute Gasteiger partial charge is 0.381 e. The van der Waals surface area contributed by atoms with Crippen molar-refractivity contribution in [1.82, 2.24) is 9.80 Å². The molecule has 1 saturated heterocycles. The van der Waals surface area contributed by atoms with E-state index in [9.17, 15) is 4.79 Å². The lowest BCUT2D eigenvalue weighted by molar-refractivity contribution is 0.0664. The molecule has 154 valence electrons. The number of benzene rings is 1. The van der Waals surface area contributed by atoms with Crippen molar-refractivity contribution in [1.29, 1.82) is 0 Å². The summed E-state index contributed by atoms with van der Waals surface area (Å²) in [6, 6.07) is 7.36. The maximum Gasteiger partial charge on any atom is 0.254 e. The first kappa shape index (κ1) is 19.6. The van der Waals surface area contributed by atoms with E-state index >= 15 is 0 Å². The van der Waals surface area contributed by atoms with Gasteiger partial charge in [-0.1, -0.05) is 32.1 Å². The van der Waals surface area contributed by atoms with Crippen LogP contribution in [-0.2, 0) is 0 Å². The highest BCUT2D eigenvalue weighted by Crippen LogP contribution is 2.31. The number of likely N-dealkylation sites (N-methyl/N-ethyl adjacent to an activating group) is 1. The molecule has 2 aliphatic carbocycles. The normalized spacial score (nSPS) is 22.4. The molecule has 2 N–H and O–H groups in total. The molecule has 3 fully saturated rings. The highest BCUT2D eigenvalue weighted by atomic mass is 16.2. The van der Waals surface area contributed by atoms with Crippen LogP contribution in [0, 0.1) is 0 Å². The highest BCUT2D eigenvalue weighted by molar-refractivity contribution is 5.96. The van der Waals surface area contributed by atoms with Gasteiger partial charge in [0.1, 0.15) is 0 Å². The molecule has 0 spiro atoms. The Morgan fingerprint density at radius 1 is 0.821 bits per heavy atom. The third-order valence-corrected chi connectivity index (χ3v) is 6.74. The number of hydrogen-bond donors (Lipinski definition) is 2. The summed E-state index contributed by atoms with van der Waals surface area (Å²) in [4.78, 5) is 17.3. The van der Waals surface area contributed by atoms with Crippen LogP contribution in [0.2, 0.25) is 0 Å². The number of anilines is 2. The van der Waals surface area contributed by atoms with Gasteiger partial charge in [-0.05, 0) is 50.9 Å². The van der Waals surface area contributed by atoms with Crippen molar-refractivity contribution in [3.05, 3.63) is 23.8 Å². The molecule has 2 saturated carbocycles. The summed E-state index contributed by atoms with van der Waals surface area (Å²) in [5, 5.41) is 7.54. The van der Waals surface area contributed by atoms with Crippen LogP contribution in [-0.4, -0.2) is 61.0 Å². The van der Waals surface area contributed by atoms with Gasteiger partial charge in [0.05, 0.1) is 11.4 Å². The third kappa shape index (κ3) is 4.80. The minimum Gasteiger partial charge on any atom is -0.381 e. The van der Waals surface area contributed by atoms with E-state index in [1.807, 2.05) is 11.0 Å². The van der Waals surface area contributed by atoms with Crippen LogP contribution in [0.15, 0.2) is 18.2 Å². The molecule has 1 amide bonds. The minimum absolute atomic E-state index is 0.173. The van der Waals surface area contributed by atoms with Crippen molar-refractivity contribution in [3.63, 3.8) is 0 Å². The molecule has 3 aliphatic rings. The van der Waals surface area contributed by atoms with Crippen LogP contribution in [0.5, 0.6) is 0 Å². The van der Waals surface area contributed by atoms with Gasteiger partial charge in [0.25, 0.3) is 5.91 Å². The first-order valence-corrected chi connectivity index (χ1v) is 11.3. The second-order valence-electron chi connectivity index (χ2n) is 8.96. The zero-order chi connectivity index (χ0) is 19.3. The number of hydrogen-bond acceptors (Lipinski definition) is 4. The lowest BCUT2D eigenvalue weighted by Gasteiger charge is -2.32. The Bertz CT molecular complexity index is 657. The fourth-order valence-corrected chi connectivity index (χ4v) is 4.87. The smallest absolute Gasteiger partial charge is 0.254 e. The van der Waals surface area contributed by atoms with Crippen molar-refractivity contribution < 1.29 is 4.79 Å². The molecule has 1 aromatic rings. The summed E-state index contributed by atoms with van der Waals surface area (Å²) in [7, 11) is 2.12. The summed E-state index contributed by atoms with van der Waals surface area (Å²) in [6.45, 7) is 3.56. The molecule has 0 atom stereocenters. The summed E-state index contributed by atoms with van der Waals surface area (Å²) < 4.78 is 0. The summed E-state index contributed by atoms with van der Waals surface area (Å²) >= 11 is 0. The summed E-state index contributed by atoms with van der Waals surface area (Å²) in [6.07, 6.45) is 11.6. The Labute approximate surface area is 169 Å². The van der Waals surface area contributed by atoms with Gasteiger partial charge in [0.15, 0.2) is 0 Å². The van der Waals surface area contributed by atoms with Crippen molar-refractivity contribution in [2.45, 2.75) is 69.9 Å². The highest BCUT2D eigenvalue weighted by Gasteiger charge is 2.23.